The zero-order valence-corrected chi connectivity index (χ0v) is 22.2. The van der Waals surface area contributed by atoms with Gasteiger partial charge in [-0.1, -0.05) is 18.2 Å². The minimum Gasteiger partial charge on any atom is -0.494 e. The van der Waals surface area contributed by atoms with E-state index in [9.17, 15) is 13.2 Å². The van der Waals surface area contributed by atoms with Crippen LogP contribution in [0.15, 0.2) is 64.5 Å². The smallest absolute Gasteiger partial charge is 0.251 e. The number of carbonyl (C=O) groups is 1. The van der Waals surface area contributed by atoms with Crippen molar-refractivity contribution in [2.45, 2.75) is 49.6 Å². The topological polar surface area (TPSA) is 124 Å². The molecule has 2 N–H and O–H groups in total. The Morgan fingerprint density at radius 3 is 2.51 bits per heavy atom. The third-order valence-corrected chi connectivity index (χ3v) is 7.53. The molecule has 2 aromatic rings. The fourth-order valence-electron chi connectivity index (χ4n) is 3.71. The highest BCUT2D eigenvalue weighted by molar-refractivity contribution is 7.91. The van der Waals surface area contributed by atoms with Crippen LogP contribution in [-0.2, 0) is 24.1 Å². The third-order valence-electron chi connectivity index (χ3n) is 5.80. The van der Waals surface area contributed by atoms with Crippen molar-refractivity contribution >= 4 is 21.6 Å². The lowest BCUT2D eigenvalue weighted by Crippen LogP contribution is -2.48. The number of amides is 1. The second-order valence-electron chi connectivity index (χ2n) is 9.10. The number of ether oxygens (including phenoxy) is 3. The minimum atomic E-state index is -3.62. The van der Waals surface area contributed by atoms with E-state index in [1.54, 1.807) is 54.6 Å². The Kier molecular flexibility index (Phi) is 10.5. The number of hydrogen-bond acceptors (Lipinski definition) is 8. The van der Waals surface area contributed by atoms with Crippen LogP contribution in [0.3, 0.4) is 0 Å². The van der Waals surface area contributed by atoms with Crippen LogP contribution in [0, 0.1) is 0 Å². The molecule has 0 fully saturated rings. The Labute approximate surface area is 218 Å². The molecule has 0 radical (unpaired) electrons. The van der Waals surface area contributed by atoms with E-state index in [1.807, 2.05) is 13.8 Å². The molecule has 1 amide bonds. The zero-order chi connectivity index (χ0) is 26.7. The fraction of sp³-hybridized carbons (Fsp3) is 0.481. The van der Waals surface area contributed by atoms with Crippen LogP contribution in [0.2, 0.25) is 0 Å². The lowest BCUT2D eigenvalue weighted by Gasteiger charge is -2.23. The molecule has 37 heavy (non-hydrogen) atoms. The summed E-state index contributed by atoms with van der Waals surface area (Å²) in [7, 11) is -3.62. The van der Waals surface area contributed by atoms with E-state index < -0.39 is 15.4 Å². The summed E-state index contributed by atoms with van der Waals surface area (Å²) in [4.78, 5) is 18.2. The summed E-state index contributed by atoms with van der Waals surface area (Å²) < 4.78 is 42.8. The van der Waals surface area contributed by atoms with Crippen LogP contribution in [0.5, 0.6) is 5.75 Å². The van der Waals surface area contributed by atoms with Gasteiger partial charge in [0.15, 0.2) is 15.4 Å². The Balaban J connectivity index is 1.75. The van der Waals surface area contributed by atoms with Crippen molar-refractivity contribution in [3.8, 4) is 5.75 Å². The van der Waals surface area contributed by atoms with E-state index in [4.69, 9.17) is 19.3 Å². The number of nitrogens with zero attached hydrogens (tertiary/aromatic N) is 1. The van der Waals surface area contributed by atoms with Gasteiger partial charge in [-0.3, -0.25) is 4.79 Å². The van der Waals surface area contributed by atoms with Gasteiger partial charge in [-0.2, -0.15) is 0 Å². The van der Waals surface area contributed by atoms with E-state index in [-0.39, 0.29) is 48.2 Å². The van der Waals surface area contributed by atoms with Gasteiger partial charge in [-0.25, -0.2) is 13.4 Å². The number of aliphatic imine (C=N–C) groups is 1. The van der Waals surface area contributed by atoms with Crippen molar-refractivity contribution < 1.29 is 32.5 Å². The number of aliphatic hydroxyl groups excluding tert-OH is 1. The SMILES string of the molecule is CC(C)OCCCNC(=O)[C@@]1(CCS(=O)(=O)c2ccccc2)COC(c2ccc(OCCCO)cc2)=N1. The molecule has 0 spiro atoms. The van der Waals surface area contributed by atoms with Gasteiger partial charge in [0, 0.05) is 31.7 Å². The molecule has 0 aliphatic carbocycles. The summed E-state index contributed by atoms with van der Waals surface area (Å²) >= 11 is 0. The number of nitrogens with one attached hydrogen (secondary N) is 1. The number of sulfone groups is 1. The molecule has 202 valence electrons. The van der Waals surface area contributed by atoms with Gasteiger partial charge in [0.1, 0.15) is 12.4 Å². The van der Waals surface area contributed by atoms with Crippen molar-refractivity contribution in [2.75, 3.05) is 38.7 Å². The van der Waals surface area contributed by atoms with Gasteiger partial charge in [0.2, 0.25) is 5.90 Å². The molecule has 1 atom stereocenters. The average molecular weight is 533 g/mol. The van der Waals surface area contributed by atoms with Gasteiger partial charge < -0.3 is 24.6 Å². The standard InChI is InChI=1S/C27H36N2O7S/c1-21(2)34-17-6-15-28-26(31)27(14-19-37(32,33)24-8-4-3-5-9-24)20-36-25(29-27)22-10-12-23(13-11-22)35-18-7-16-30/h3-5,8-13,21,30H,6-7,14-20H2,1-2H3,(H,28,31)/t27-/m1/s1. The van der Waals surface area contributed by atoms with Crippen molar-refractivity contribution in [1.82, 2.24) is 5.32 Å². The lowest BCUT2D eigenvalue weighted by molar-refractivity contribution is -0.126. The summed E-state index contributed by atoms with van der Waals surface area (Å²) in [5, 5.41) is 11.8. The highest BCUT2D eigenvalue weighted by atomic mass is 32.2. The van der Waals surface area contributed by atoms with Crippen molar-refractivity contribution in [3.63, 3.8) is 0 Å². The predicted octanol–water partition coefficient (Wildman–Crippen LogP) is 2.76. The number of hydrogen-bond donors (Lipinski definition) is 2. The second kappa shape index (κ2) is 13.6. The maximum absolute atomic E-state index is 13.3. The molecule has 3 rings (SSSR count). The number of aliphatic hydroxyl groups is 1. The van der Waals surface area contributed by atoms with Gasteiger partial charge >= 0.3 is 0 Å². The summed E-state index contributed by atoms with van der Waals surface area (Å²) in [5.74, 6) is 0.285. The van der Waals surface area contributed by atoms with E-state index in [2.05, 4.69) is 10.3 Å². The van der Waals surface area contributed by atoms with E-state index in [0.717, 1.165) is 0 Å². The Hall–Kier alpha value is -2.95. The highest BCUT2D eigenvalue weighted by Gasteiger charge is 2.45. The normalized spacial score (nSPS) is 17.4. The Morgan fingerprint density at radius 2 is 1.84 bits per heavy atom. The van der Waals surface area contributed by atoms with Crippen LogP contribution in [0.1, 0.15) is 38.7 Å². The monoisotopic (exact) mass is 532 g/mol. The molecule has 0 bridgehead atoms. The third kappa shape index (κ3) is 8.28. The van der Waals surface area contributed by atoms with Gasteiger partial charge in [0.05, 0.1) is 23.4 Å². The number of benzene rings is 2. The van der Waals surface area contributed by atoms with E-state index >= 15 is 0 Å². The largest absolute Gasteiger partial charge is 0.494 e. The van der Waals surface area contributed by atoms with Gasteiger partial charge in [-0.15, -0.1) is 0 Å². The van der Waals surface area contributed by atoms with Crippen LogP contribution in [-0.4, -0.2) is 75.7 Å². The lowest BCUT2D eigenvalue weighted by atomic mass is 9.97. The van der Waals surface area contributed by atoms with Crippen LogP contribution in [0.25, 0.3) is 0 Å². The van der Waals surface area contributed by atoms with Crippen LogP contribution < -0.4 is 10.1 Å². The molecular weight excluding hydrogens is 496 g/mol. The fourth-order valence-corrected chi connectivity index (χ4v) is 5.12. The molecule has 1 aliphatic rings. The van der Waals surface area contributed by atoms with Crippen molar-refractivity contribution in [1.29, 1.82) is 0 Å². The first-order chi connectivity index (χ1) is 17.8. The van der Waals surface area contributed by atoms with E-state index in [1.165, 1.54) is 0 Å². The molecule has 10 heteroatoms. The summed E-state index contributed by atoms with van der Waals surface area (Å²) in [6.07, 6.45) is 1.24. The van der Waals surface area contributed by atoms with Crippen LogP contribution >= 0.6 is 0 Å². The predicted molar refractivity (Wildman–Crippen MR) is 141 cm³/mol. The second-order valence-corrected chi connectivity index (χ2v) is 11.2. The van der Waals surface area contributed by atoms with Crippen molar-refractivity contribution in [2.24, 2.45) is 4.99 Å². The Bertz CT molecular complexity index is 1140. The molecule has 0 saturated heterocycles. The number of rotatable bonds is 15. The summed E-state index contributed by atoms with van der Waals surface area (Å²) in [6, 6.07) is 15.2. The van der Waals surface area contributed by atoms with Gasteiger partial charge in [-0.05, 0) is 63.1 Å². The number of carbonyl (C=O) groups excluding carboxylic acids is 1. The summed E-state index contributed by atoms with van der Waals surface area (Å²) in [6.45, 7) is 5.16. The molecule has 2 aromatic carbocycles. The first-order valence-electron chi connectivity index (χ1n) is 12.5. The van der Waals surface area contributed by atoms with Crippen molar-refractivity contribution in [3.05, 3.63) is 60.2 Å². The Morgan fingerprint density at radius 1 is 1.11 bits per heavy atom. The molecule has 0 unspecified atom stereocenters. The zero-order valence-electron chi connectivity index (χ0n) is 21.4. The minimum absolute atomic E-state index is 0.0234. The van der Waals surface area contributed by atoms with Gasteiger partial charge in [0.25, 0.3) is 5.91 Å². The molecule has 1 aliphatic heterocycles. The maximum atomic E-state index is 13.3. The quantitative estimate of drug-likeness (QED) is 0.338. The molecule has 1 heterocycles. The first kappa shape index (κ1) is 28.6. The summed E-state index contributed by atoms with van der Waals surface area (Å²) in [5.41, 5.74) is -0.715. The maximum Gasteiger partial charge on any atom is 0.251 e. The molecule has 0 saturated carbocycles. The van der Waals surface area contributed by atoms with E-state index in [0.29, 0.717) is 43.9 Å². The average Bonchev–Trinajstić information content (AvgIpc) is 3.34. The molecular formula is C27H36N2O7S. The molecule has 9 nitrogen and oxygen atoms in total. The first-order valence-corrected chi connectivity index (χ1v) is 14.2. The highest BCUT2D eigenvalue weighted by Crippen LogP contribution is 2.28. The van der Waals surface area contributed by atoms with Crippen LogP contribution in [0.4, 0.5) is 0 Å². The molecule has 0 aromatic heterocycles.